The second-order valence-corrected chi connectivity index (χ2v) is 5.11. The second kappa shape index (κ2) is 5.68. The van der Waals surface area contributed by atoms with E-state index in [1.807, 2.05) is 19.2 Å². The number of piperazine rings is 1. The molecule has 1 fully saturated rings. The lowest BCUT2D eigenvalue weighted by Gasteiger charge is -2.30. The Morgan fingerprint density at radius 3 is 2.90 bits per heavy atom. The summed E-state index contributed by atoms with van der Waals surface area (Å²) in [5.74, 6) is 1.32. The van der Waals surface area contributed by atoms with Gasteiger partial charge in [0.2, 0.25) is 11.7 Å². The third-order valence-corrected chi connectivity index (χ3v) is 3.76. The van der Waals surface area contributed by atoms with E-state index in [1.54, 1.807) is 6.20 Å². The van der Waals surface area contributed by atoms with Crippen molar-refractivity contribution in [2.24, 2.45) is 0 Å². The van der Waals surface area contributed by atoms with Crippen molar-refractivity contribution in [2.45, 2.75) is 19.9 Å². The summed E-state index contributed by atoms with van der Waals surface area (Å²) >= 11 is 0. The fourth-order valence-electron chi connectivity index (χ4n) is 2.46. The largest absolute Gasteiger partial charge is 0.337 e. The molecule has 1 aliphatic heterocycles. The first kappa shape index (κ1) is 13.2. The molecule has 1 atom stereocenters. The molecule has 3 heterocycles. The van der Waals surface area contributed by atoms with Gasteiger partial charge in [0.1, 0.15) is 0 Å². The van der Waals surface area contributed by atoms with E-state index in [0.29, 0.717) is 11.7 Å². The fourth-order valence-corrected chi connectivity index (χ4v) is 2.46. The molecular formula is C14H19N5O. The lowest BCUT2D eigenvalue weighted by atomic mass is 10.1. The van der Waals surface area contributed by atoms with Crippen LogP contribution in [-0.2, 0) is 0 Å². The summed E-state index contributed by atoms with van der Waals surface area (Å²) in [4.78, 5) is 11.0. The Morgan fingerprint density at radius 1 is 1.35 bits per heavy atom. The Bertz CT molecular complexity index is 576. The van der Waals surface area contributed by atoms with Gasteiger partial charge in [0.05, 0.1) is 6.04 Å². The van der Waals surface area contributed by atoms with Crippen molar-refractivity contribution in [1.29, 1.82) is 0 Å². The number of hydrogen-bond acceptors (Lipinski definition) is 6. The van der Waals surface area contributed by atoms with Crippen molar-refractivity contribution in [3.8, 4) is 11.4 Å². The third kappa shape index (κ3) is 2.57. The lowest BCUT2D eigenvalue weighted by Crippen LogP contribution is -2.44. The van der Waals surface area contributed by atoms with Crippen LogP contribution in [-0.4, -0.2) is 46.2 Å². The van der Waals surface area contributed by atoms with Crippen LogP contribution in [0, 0.1) is 6.92 Å². The highest BCUT2D eigenvalue weighted by molar-refractivity contribution is 5.57. The van der Waals surface area contributed by atoms with E-state index in [-0.39, 0.29) is 6.04 Å². The number of pyridine rings is 1. The SMILES string of the molecule is Cc1cnccc1-c1noc(C(C)N2CCNCC2)n1. The van der Waals surface area contributed by atoms with Gasteiger partial charge in [0.25, 0.3) is 0 Å². The molecule has 1 saturated heterocycles. The molecule has 1 unspecified atom stereocenters. The van der Waals surface area contributed by atoms with Crippen LogP contribution in [0.3, 0.4) is 0 Å². The Balaban J connectivity index is 1.81. The van der Waals surface area contributed by atoms with Gasteiger partial charge in [-0.1, -0.05) is 5.16 Å². The van der Waals surface area contributed by atoms with Crippen molar-refractivity contribution in [3.63, 3.8) is 0 Å². The van der Waals surface area contributed by atoms with E-state index in [2.05, 4.69) is 32.3 Å². The Hall–Kier alpha value is -1.79. The average Bonchev–Trinajstić information content (AvgIpc) is 2.97. The van der Waals surface area contributed by atoms with E-state index in [1.165, 1.54) is 0 Å². The van der Waals surface area contributed by atoms with Crippen LogP contribution < -0.4 is 5.32 Å². The lowest BCUT2D eigenvalue weighted by molar-refractivity contribution is 0.154. The van der Waals surface area contributed by atoms with Crippen molar-refractivity contribution in [3.05, 3.63) is 29.9 Å². The summed E-state index contributed by atoms with van der Waals surface area (Å²) in [6, 6.07) is 2.07. The number of aromatic nitrogens is 3. The van der Waals surface area contributed by atoms with Gasteiger partial charge in [-0.15, -0.1) is 0 Å². The van der Waals surface area contributed by atoms with E-state index in [0.717, 1.165) is 37.3 Å². The fraction of sp³-hybridized carbons (Fsp3) is 0.500. The molecule has 6 heteroatoms. The molecule has 0 amide bonds. The van der Waals surface area contributed by atoms with Crippen LogP contribution in [0.25, 0.3) is 11.4 Å². The summed E-state index contributed by atoms with van der Waals surface area (Å²) in [6.07, 6.45) is 3.56. The van der Waals surface area contributed by atoms with Crippen molar-refractivity contribution in [2.75, 3.05) is 26.2 Å². The zero-order valence-electron chi connectivity index (χ0n) is 11.8. The van der Waals surface area contributed by atoms with Gasteiger partial charge in [-0.2, -0.15) is 4.98 Å². The molecule has 0 bridgehead atoms. The molecule has 0 aliphatic carbocycles. The van der Waals surface area contributed by atoms with Crippen molar-refractivity contribution in [1.82, 2.24) is 25.3 Å². The average molecular weight is 273 g/mol. The molecule has 20 heavy (non-hydrogen) atoms. The number of nitrogens with one attached hydrogen (secondary N) is 1. The Labute approximate surface area is 118 Å². The smallest absolute Gasteiger partial charge is 0.244 e. The van der Waals surface area contributed by atoms with E-state index in [9.17, 15) is 0 Å². The number of rotatable bonds is 3. The number of nitrogens with zero attached hydrogens (tertiary/aromatic N) is 4. The van der Waals surface area contributed by atoms with Crippen LogP contribution in [0.4, 0.5) is 0 Å². The number of aryl methyl sites for hydroxylation is 1. The molecule has 2 aromatic heterocycles. The van der Waals surface area contributed by atoms with Crippen LogP contribution >= 0.6 is 0 Å². The predicted molar refractivity (Wildman–Crippen MR) is 75.1 cm³/mol. The van der Waals surface area contributed by atoms with Crippen LogP contribution in [0.15, 0.2) is 23.0 Å². The van der Waals surface area contributed by atoms with Gasteiger partial charge in [-0.25, -0.2) is 0 Å². The molecule has 3 rings (SSSR count). The molecule has 1 N–H and O–H groups in total. The van der Waals surface area contributed by atoms with Crippen LogP contribution in [0.5, 0.6) is 0 Å². The Kier molecular flexibility index (Phi) is 3.75. The summed E-state index contributed by atoms with van der Waals surface area (Å²) < 4.78 is 5.45. The summed E-state index contributed by atoms with van der Waals surface area (Å²) in [7, 11) is 0. The molecule has 2 aromatic rings. The Morgan fingerprint density at radius 2 is 2.15 bits per heavy atom. The topological polar surface area (TPSA) is 67.1 Å². The minimum atomic E-state index is 0.153. The van der Waals surface area contributed by atoms with E-state index < -0.39 is 0 Å². The predicted octanol–water partition coefficient (Wildman–Crippen LogP) is 1.41. The second-order valence-electron chi connectivity index (χ2n) is 5.11. The van der Waals surface area contributed by atoms with Crippen LogP contribution in [0.2, 0.25) is 0 Å². The molecule has 0 aromatic carbocycles. The molecule has 0 spiro atoms. The molecule has 0 radical (unpaired) electrons. The third-order valence-electron chi connectivity index (χ3n) is 3.76. The molecule has 106 valence electrons. The van der Waals surface area contributed by atoms with Gasteiger partial charge in [-0.05, 0) is 25.5 Å². The normalized spacial score (nSPS) is 18.1. The highest BCUT2D eigenvalue weighted by Gasteiger charge is 2.23. The van der Waals surface area contributed by atoms with Gasteiger partial charge in [-0.3, -0.25) is 9.88 Å². The van der Waals surface area contributed by atoms with Gasteiger partial charge in [0, 0.05) is 44.1 Å². The molecule has 1 aliphatic rings. The summed E-state index contributed by atoms with van der Waals surface area (Å²) in [5, 5.41) is 7.45. The maximum Gasteiger partial charge on any atom is 0.244 e. The van der Waals surface area contributed by atoms with Crippen LogP contribution in [0.1, 0.15) is 24.4 Å². The first-order chi connectivity index (χ1) is 9.75. The summed E-state index contributed by atoms with van der Waals surface area (Å²) in [5.41, 5.74) is 2.03. The molecule has 6 nitrogen and oxygen atoms in total. The van der Waals surface area contributed by atoms with Gasteiger partial charge >= 0.3 is 0 Å². The van der Waals surface area contributed by atoms with Gasteiger partial charge in [0.15, 0.2) is 0 Å². The highest BCUT2D eigenvalue weighted by atomic mass is 16.5. The van der Waals surface area contributed by atoms with Crippen molar-refractivity contribution < 1.29 is 4.52 Å². The van der Waals surface area contributed by atoms with Crippen molar-refractivity contribution >= 4 is 0 Å². The molecule has 0 saturated carbocycles. The monoisotopic (exact) mass is 273 g/mol. The maximum atomic E-state index is 5.45. The highest BCUT2D eigenvalue weighted by Crippen LogP contribution is 2.23. The molecular weight excluding hydrogens is 254 g/mol. The minimum absolute atomic E-state index is 0.153. The quantitative estimate of drug-likeness (QED) is 0.912. The standard InChI is InChI=1S/C14H19N5O/c1-10-9-16-4-3-12(10)13-17-14(20-18-13)11(2)19-7-5-15-6-8-19/h3-4,9,11,15H,5-8H2,1-2H3. The zero-order chi connectivity index (χ0) is 13.9. The van der Waals surface area contributed by atoms with Gasteiger partial charge < -0.3 is 9.84 Å². The van der Waals surface area contributed by atoms with E-state index in [4.69, 9.17) is 4.52 Å². The number of hydrogen-bond donors (Lipinski definition) is 1. The first-order valence-electron chi connectivity index (χ1n) is 6.95. The first-order valence-corrected chi connectivity index (χ1v) is 6.95. The maximum absolute atomic E-state index is 5.45. The summed E-state index contributed by atoms with van der Waals surface area (Å²) in [6.45, 7) is 8.14. The minimum Gasteiger partial charge on any atom is -0.337 e. The zero-order valence-corrected chi connectivity index (χ0v) is 11.8. The van der Waals surface area contributed by atoms with E-state index >= 15 is 0 Å².